The molecule has 1 aromatic carbocycles. The number of hydrogen-bond donors (Lipinski definition) is 1. The monoisotopic (exact) mass is 318 g/mol. The van der Waals surface area contributed by atoms with E-state index < -0.39 is 0 Å². The van der Waals surface area contributed by atoms with E-state index in [0.29, 0.717) is 25.1 Å². The number of benzene rings is 1. The Morgan fingerprint density at radius 2 is 2.13 bits per heavy atom. The molecule has 1 N–H and O–H groups in total. The molecule has 1 amide bonds. The standard InChI is InChI=1S/C19H30N2O2/c1-15-7-6-9-17(13-15)23-12-11-21(3)14-19(22)20-18-10-5-4-8-16(18)2/h6-7,9,13,16,18H,4-5,8,10-12,14H2,1-3H3,(H,20,22). The summed E-state index contributed by atoms with van der Waals surface area (Å²) in [6, 6.07) is 8.39. The molecule has 0 aromatic heterocycles. The number of amides is 1. The smallest absolute Gasteiger partial charge is 0.234 e. The zero-order chi connectivity index (χ0) is 16.7. The lowest BCUT2D eigenvalue weighted by atomic mass is 9.86. The van der Waals surface area contributed by atoms with Crippen LogP contribution in [0.5, 0.6) is 5.75 Å². The Bertz CT molecular complexity index is 504. The van der Waals surface area contributed by atoms with Crippen molar-refractivity contribution in [1.29, 1.82) is 0 Å². The largest absolute Gasteiger partial charge is 0.492 e. The van der Waals surface area contributed by atoms with E-state index in [0.717, 1.165) is 18.7 Å². The van der Waals surface area contributed by atoms with Gasteiger partial charge in [0.1, 0.15) is 12.4 Å². The number of nitrogens with one attached hydrogen (secondary N) is 1. The van der Waals surface area contributed by atoms with Gasteiger partial charge in [0.25, 0.3) is 0 Å². The van der Waals surface area contributed by atoms with Crippen molar-refractivity contribution in [3.8, 4) is 5.75 Å². The second kappa shape index (κ2) is 8.92. The van der Waals surface area contributed by atoms with E-state index in [2.05, 4.69) is 25.2 Å². The van der Waals surface area contributed by atoms with Crippen LogP contribution in [0.25, 0.3) is 0 Å². The van der Waals surface area contributed by atoms with E-state index in [1.807, 2.05) is 30.1 Å². The molecule has 0 saturated heterocycles. The second-order valence-corrected chi connectivity index (χ2v) is 6.84. The fraction of sp³-hybridized carbons (Fsp3) is 0.632. The Kier molecular flexibility index (Phi) is 6.90. The second-order valence-electron chi connectivity index (χ2n) is 6.84. The number of hydrogen-bond acceptors (Lipinski definition) is 3. The molecule has 2 atom stereocenters. The van der Waals surface area contributed by atoms with Crippen molar-refractivity contribution in [2.75, 3.05) is 26.7 Å². The van der Waals surface area contributed by atoms with Crippen LogP contribution >= 0.6 is 0 Å². The molecule has 2 rings (SSSR count). The molecule has 4 heteroatoms. The van der Waals surface area contributed by atoms with Gasteiger partial charge in [-0.1, -0.05) is 31.9 Å². The number of likely N-dealkylation sites (N-methyl/N-ethyl adjacent to an activating group) is 1. The van der Waals surface area contributed by atoms with Crippen molar-refractivity contribution in [1.82, 2.24) is 10.2 Å². The molecule has 4 nitrogen and oxygen atoms in total. The topological polar surface area (TPSA) is 41.6 Å². The van der Waals surface area contributed by atoms with Crippen LogP contribution in [0.15, 0.2) is 24.3 Å². The van der Waals surface area contributed by atoms with Crippen molar-refractivity contribution in [3.05, 3.63) is 29.8 Å². The van der Waals surface area contributed by atoms with E-state index in [9.17, 15) is 4.79 Å². The molecular formula is C19H30N2O2. The fourth-order valence-electron chi connectivity index (χ4n) is 3.13. The number of rotatable bonds is 7. The Morgan fingerprint density at radius 1 is 1.35 bits per heavy atom. The van der Waals surface area contributed by atoms with Gasteiger partial charge >= 0.3 is 0 Å². The molecule has 1 saturated carbocycles. The number of nitrogens with zero attached hydrogens (tertiary/aromatic N) is 1. The lowest BCUT2D eigenvalue weighted by molar-refractivity contribution is -0.123. The highest BCUT2D eigenvalue weighted by molar-refractivity contribution is 5.78. The summed E-state index contributed by atoms with van der Waals surface area (Å²) in [5.41, 5.74) is 1.19. The highest BCUT2D eigenvalue weighted by Crippen LogP contribution is 2.23. The van der Waals surface area contributed by atoms with Gasteiger partial charge < -0.3 is 10.1 Å². The first-order valence-corrected chi connectivity index (χ1v) is 8.72. The van der Waals surface area contributed by atoms with Crippen molar-refractivity contribution < 1.29 is 9.53 Å². The van der Waals surface area contributed by atoms with Crippen LogP contribution < -0.4 is 10.1 Å². The third-order valence-corrected chi connectivity index (χ3v) is 4.60. The highest BCUT2D eigenvalue weighted by Gasteiger charge is 2.22. The number of ether oxygens (including phenoxy) is 1. The Morgan fingerprint density at radius 3 is 2.87 bits per heavy atom. The number of carbonyl (C=O) groups excluding carboxylic acids is 1. The third-order valence-electron chi connectivity index (χ3n) is 4.60. The maximum atomic E-state index is 12.2. The lowest BCUT2D eigenvalue weighted by Gasteiger charge is -2.30. The van der Waals surface area contributed by atoms with Crippen molar-refractivity contribution in [2.45, 2.75) is 45.6 Å². The van der Waals surface area contributed by atoms with Gasteiger partial charge in [0.2, 0.25) is 5.91 Å². The van der Waals surface area contributed by atoms with Gasteiger partial charge in [0, 0.05) is 12.6 Å². The molecular weight excluding hydrogens is 288 g/mol. The summed E-state index contributed by atoms with van der Waals surface area (Å²) in [6.07, 6.45) is 4.87. The summed E-state index contributed by atoms with van der Waals surface area (Å²) in [5, 5.41) is 3.19. The van der Waals surface area contributed by atoms with Crippen LogP contribution in [-0.2, 0) is 4.79 Å². The van der Waals surface area contributed by atoms with Crippen molar-refractivity contribution >= 4 is 5.91 Å². The van der Waals surface area contributed by atoms with Crippen LogP contribution in [0.2, 0.25) is 0 Å². The van der Waals surface area contributed by atoms with E-state index in [-0.39, 0.29) is 5.91 Å². The first-order chi connectivity index (χ1) is 11.0. The maximum absolute atomic E-state index is 12.2. The molecule has 2 unspecified atom stereocenters. The zero-order valence-corrected chi connectivity index (χ0v) is 14.7. The SMILES string of the molecule is Cc1cccc(OCCN(C)CC(=O)NC2CCCCC2C)c1. The van der Waals surface area contributed by atoms with Crippen LogP contribution in [0.1, 0.15) is 38.2 Å². The molecule has 0 radical (unpaired) electrons. The van der Waals surface area contributed by atoms with E-state index in [4.69, 9.17) is 4.74 Å². The molecule has 0 aliphatic heterocycles. The number of carbonyl (C=O) groups is 1. The van der Waals surface area contributed by atoms with Gasteiger partial charge in [0.15, 0.2) is 0 Å². The molecule has 0 heterocycles. The van der Waals surface area contributed by atoms with Gasteiger partial charge in [-0.05, 0) is 50.4 Å². The Hall–Kier alpha value is -1.55. The van der Waals surface area contributed by atoms with Crippen LogP contribution in [-0.4, -0.2) is 43.6 Å². The van der Waals surface area contributed by atoms with Gasteiger partial charge in [-0.2, -0.15) is 0 Å². The molecule has 128 valence electrons. The van der Waals surface area contributed by atoms with Crippen molar-refractivity contribution in [3.63, 3.8) is 0 Å². The first kappa shape index (κ1) is 17.8. The predicted octanol–water partition coefficient (Wildman–Crippen LogP) is 3.00. The van der Waals surface area contributed by atoms with E-state index in [1.54, 1.807) is 0 Å². The molecule has 0 bridgehead atoms. The fourth-order valence-corrected chi connectivity index (χ4v) is 3.13. The van der Waals surface area contributed by atoms with Gasteiger partial charge in [-0.15, -0.1) is 0 Å². The molecule has 0 spiro atoms. The molecule has 1 aliphatic carbocycles. The normalized spacial score (nSPS) is 21.2. The molecule has 1 aliphatic rings. The summed E-state index contributed by atoms with van der Waals surface area (Å²) in [4.78, 5) is 14.2. The summed E-state index contributed by atoms with van der Waals surface area (Å²) in [6.45, 7) is 6.05. The van der Waals surface area contributed by atoms with Gasteiger partial charge in [-0.3, -0.25) is 9.69 Å². The van der Waals surface area contributed by atoms with Crippen LogP contribution in [0.3, 0.4) is 0 Å². The lowest BCUT2D eigenvalue weighted by Crippen LogP contribution is -2.45. The average molecular weight is 318 g/mol. The molecule has 23 heavy (non-hydrogen) atoms. The summed E-state index contributed by atoms with van der Waals surface area (Å²) >= 11 is 0. The summed E-state index contributed by atoms with van der Waals surface area (Å²) in [7, 11) is 1.96. The third kappa shape index (κ3) is 6.22. The predicted molar refractivity (Wildman–Crippen MR) is 93.7 cm³/mol. The van der Waals surface area contributed by atoms with Crippen molar-refractivity contribution in [2.24, 2.45) is 5.92 Å². The van der Waals surface area contributed by atoms with Crippen LogP contribution in [0.4, 0.5) is 0 Å². The van der Waals surface area contributed by atoms with E-state index >= 15 is 0 Å². The minimum absolute atomic E-state index is 0.127. The Balaban J connectivity index is 1.65. The minimum Gasteiger partial charge on any atom is -0.492 e. The first-order valence-electron chi connectivity index (χ1n) is 8.72. The highest BCUT2D eigenvalue weighted by atomic mass is 16.5. The van der Waals surface area contributed by atoms with Gasteiger partial charge in [0.05, 0.1) is 6.54 Å². The zero-order valence-electron chi connectivity index (χ0n) is 14.7. The Labute approximate surface area is 140 Å². The number of aryl methyl sites for hydroxylation is 1. The molecule has 1 fully saturated rings. The minimum atomic E-state index is 0.127. The van der Waals surface area contributed by atoms with Crippen LogP contribution in [0, 0.1) is 12.8 Å². The molecule has 1 aromatic rings. The summed E-state index contributed by atoms with van der Waals surface area (Å²) in [5.74, 6) is 1.61. The summed E-state index contributed by atoms with van der Waals surface area (Å²) < 4.78 is 5.73. The van der Waals surface area contributed by atoms with Gasteiger partial charge in [-0.25, -0.2) is 0 Å². The quantitative estimate of drug-likeness (QED) is 0.840. The maximum Gasteiger partial charge on any atom is 0.234 e. The van der Waals surface area contributed by atoms with E-state index in [1.165, 1.54) is 24.8 Å². The average Bonchev–Trinajstić information content (AvgIpc) is 2.49.